The summed E-state index contributed by atoms with van der Waals surface area (Å²) in [5.74, 6) is 4.01. The van der Waals surface area contributed by atoms with Crippen molar-refractivity contribution in [2.75, 3.05) is 26.4 Å². The Hall–Kier alpha value is -5.64. The predicted octanol–water partition coefficient (Wildman–Crippen LogP) is 22.0. The summed E-state index contributed by atoms with van der Waals surface area (Å²) < 4.78 is 35.3. The smallest absolute Gasteiger partial charge is 0.323 e. The summed E-state index contributed by atoms with van der Waals surface area (Å²) in [6, 6.07) is 24.0. The highest BCUT2D eigenvalue weighted by molar-refractivity contribution is 5.91. The highest BCUT2D eigenvalue weighted by Gasteiger charge is 2.42. The maximum atomic E-state index is 13.4. The zero-order chi connectivity index (χ0) is 68.1. The predicted molar refractivity (Wildman–Crippen MR) is 383 cm³/mol. The van der Waals surface area contributed by atoms with Crippen LogP contribution in [0.25, 0.3) is 0 Å². The molecule has 6 unspecified atom stereocenters. The number of carbonyl (C=O) groups is 4. The number of unbranched alkanes of at least 4 members (excludes halogenated alkanes) is 16. The van der Waals surface area contributed by atoms with Crippen molar-refractivity contribution in [3.63, 3.8) is 0 Å². The zero-order valence-electron chi connectivity index (χ0n) is 61.1. The quantitative estimate of drug-likeness (QED) is 0.0243. The van der Waals surface area contributed by atoms with Gasteiger partial charge in [0.05, 0.1) is 0 Å². The van der Waals surface area contributed by atoms with Crippen molar-refractivity contribution in [1.29, 1.82) is 0 Å². The van der Waals surface area contributed by atoms with Gasteiger partial charge in [0.2, 0.25) is 0 Å². The highest BCUT2D eigenvalue weighted by Crippen LogP contribution is 2.51. The van der Waals surface area contributed by atoms with Crippen LogP contribution in [0.1, 0.15) is 333 Å². The molecule has 0 amide bonds. The van der Waals surface area contributed by atoms with Crippen LogP contribution in [0.15, 0.2) is 72.8 Å². The van der Waals surface area contributed by atoms with Crippen LogP contribution in [0.2, 0.25) is 0 Å². The number of carbonyl (C=O) groups excluding carboxylic acids is 4. The molecule has 3 aliphatic rings. The van der Waals surface area contributed by atoms with Gasteiger partial charge in [-0.1, -0.05) is 274 Å². The Labute approximate surface area is 569 Å². The fraction of sp³-hybridized carbons (Fsp3) is 0.667. The zero-order valence-corrected chi connectivity index (χ0v) is 61.1. The van der Waals surface area contributed by atoms with E-state index in [1.807, 2.05) is 48.5 Å². The molecule has 94 heavy (non-hydrogen) atoms. The van der Waals surface area contributed by atoms with Crippen molar-refractivity contribution in [2.45, 2.75) is 310 Å². The van der Waals surface area contributed by atoms with Gasteiger partial charge in [0.25, 0.3) is 0 Å². The summed E-state index contributed by atoms with van der Waals surface area (Å²) in [7, 11) is 0. The Morgan fingerprint density at radius 3 is 1.07 bits per heavy atom. The molecule has 10 nitrogen and oxygen atoms in total. The van der Waals surface area contributed by atoms with E-state index in [1.54, 1.807) is 0 Å². The molecule has 4 aromatic carbocycles. The van der Waals surface area contributed by atoms with Crippen LogP contribution in [0.3, 0.4) is 0 Å². The second-order valence-corrected chi connectivity index (χ2v) is 32.3. The van der Waals surface area contributed by atoms with Gasteiger partial charge >= 0.3 is 23.9 Å². The van der Waals surface area contributed by atoms with E-state index < -0.39 is 11.8 Å². The monoisotopic (exact) mass is 1290 g/mol. The van der Waals surface area contributed by atoms with Crippen LogP contribution >= 0.6 is 0 Å². The third kappa shape index (κ3) is 22.5. The number of hydrogen-bond donors (Lipinski definition) is 0. The minimum atomic E-state index is -0.504. The first-order valence-corrected chi connectivity index (χ1v) is 37.4. The molecular weight excluding hydrogens is 1170 g/mol. The first-order valence-electron chi connectivity index (χ1n) is 37.4. The molecule has 0 bridgehead atoms. The molecule has 6 atom stereocenters. The second kappa shape index (κ2) is 36.1. The molecule has 0 saturated heterocycles. The van der Waals surface area contributed by atoms with Crippen LogP contribution in [-0.2, 0) is 50.3 Å². The van der Waals surface area contributed by atoms with E-state index in [-0.39, 0.29) is 72.0 Å². The molecule has 0 radical (unpaired) electrons. The maximum absolute atomic E-state index is 13.4. The average molecular weight is 1290 g/mol. The lowest BCUT2D eigenvalue weighted by Crippen LogP contribution is -2.35. The second-order valence-electron chi connectivity index (χ2n) is 32.3. The van der Waals surface area contributed by atoms with Crippen LogP contribution < -0.4 is 18.9 Å². The number of fused-ring (bicyclic) bond motifs is 2. The van der Waals surface area contributed by atoms with E-state index in [2.05, 4.69) is 121 Å². The molecule has 0 aromatic heterocycles. The Bertz CT molecular complexity index is 3000. The van der Waals surface area contributed by atoms with Gasteiger partial charge in [0.15, 0.2) is 0 Å². The van der Waals surface area contributed by atoms with Crippen molar-refractivity contribution in [1.82, 2.24) is 0 Å². The SMILES string of the molecule is CCCCCCCCCC1C(CCCCCCC)CCC(CCCCCCC(=O)OCCOc2ccc(C3C(=O)Oc4c3cc(C(C)(C)C)cc4C(C)(C)C)cc2)C1CCCCCCC(=O)OCCOc1ccc(C2C(=O)Oc3c2cc(C(C)(C)C)cc3C(C)(C)C)cc1. The van der Waals surface area contributed by atoms with Crippen molar-refractivity contribution in [3.8, 4) is 23.0 Å². The first-order chi connectivity index (χ1) is 44.8. The van der Waals surface area contributed by atoms with Gasteiger partial charge in [-0.2, -0.15) is 0 Å². The van der Waals surface area contributed by atoms with Gasteiger partial charge in [0.1, 0.15) is 61.3 Å². The van der Waals surface area contributed by atoms with E-state index in [0.29, 0.717) is 35.8 Å². The van der Waals surface area contributed by atoms with Gasteiger partial charge in [-0.15, -0.1) is 0 Å². The van der Waals surface area contributed by atoms with Gasteiger partial charge in [-0.3, -0.25) is 19.2 Å². The molecule has 10 heteroatoms. The molecule has 0 spiro atoms. The van der Waals surface area contributed by atoms with Gasteiger partial charge in [-0.05, 0) is 130 Å². The van der Waals surface area contributed by atoms with Crippen molar-refractivity contribution < 1.29 is 47.6 Å². The highest BCUT2D eigenvalue weighted by atomic mass is 16.6. The van der Waals surface area contributed by atoms with E-state index in [1.165, 1.54) is 140 Å². The van der Waals surface area contributed by atoms with Crippen molar-refractivity contribution >= 4 is 23.9 Å². The third-order valence-electron chi connectivity index (χ3n) is 20.6. The molecule has 1 saturated carbocycles. The van der Waals surface area contributed by atoms with E-state index in [4.69, 9.17) is 28.4 Å². The van der Waals surface area contributed by atoms with Gasteiger partial charge < -0.3 is 28.4 Å². The molecule has 2 aliphatic heterocycles. The van der Waals surface area contributed by atoms with Gasteiger partial charge in [0, 0.05) is 35.1 Å². The number of rotatable bonds is 38. The normalized spacial score (nSPS) is 19.0. The molecule has 1 fully saturated rings. The van der Waals surface area contributed by atoms with Gasteiger partial charge in [-0.25, -0.2) is 0 Å². The Kier molecular flexibility index (Phi) is 29.1. The summed E-state index contributed by atoms with van der Waals surface area (Å²) in [5.41, 5.74) is 7.48. The fourth-order valence-electron chi connectivity index (χ4n) is 15.0. The number of ether oxygens (including phenoxy) is 6. The van der Waals surface area contributed by atoms with Crippen LogP contribution in [-0.4, -0.2) is 50.3 Å². The minimum absolute atomic E-state index is 0.0873. The van der Waals surface area contributed by atoms with E-state index in [0.717, 1.165) is 95.6 Å². The molecule has 4 aromatic rings. The van der Waals surface area contributed by atoms with Crippen LogP contribution in [0.4, 0.5) is 0 Å². The summed E-state index contributed by atoms with van der Waals surface area (Å²) >= 11 is 0. The topological polar surface area (TPSA) is 124 Å². The number of hydrogen-bond acceptors (Lipinski definition) is 10. The Morgan fingerprint density at radius 1 is 0.404 bits per heavy atom. The lowest BCUT2D eigenvalue weighted by molar-refractivity contribution is -0.145. The minimum Gasteiger partial charge on any atom is -0.490 e. The van der Waals surface area contributed by atoms with Crippen LogP contribution in [0, 0.1) is 23.7 Å². The van der Waals surface area contributed by atoms with Crippen molar-refractivity contribution in [2.24, 2.45) is 23.7 Å². The summed E-state index contributed by atoms with van der Waals surface area (Å²) in [4.78, 5) is 52.7. The summed E-state index contributed by atoms with van der Waals surface area (Å²) in [6.45, 7) is 31.6. The van der Waals surface area contributed by atoms with Crippen LogP contribution in [0.5, 0.6) is 23.0 Å². The molecular formula is C84H124O10. The largest absolute Gasteiger partial charge is 0.490 e. The number of esters is 4. The molecule has 7 rings (SSSR count). The third-order valence-corrected chi connectivity index (χ3v) is 20.6. The average Bonchev–Trinajstić information content (AvgIpc) is 1.53. The maximum Gasteiger partial charge on any atom is 0.323 e. The first kappa shape index (κ1) is 75.7. The summed E-state index contributed by atoms with van der Waals surface area (Å²) in [6.07, 6.45) is 33.6. The lowest BCUT2D eigenvalue weighted by atomic mass is 9.61. The molecule has 520 valence electrons. The molecule has 1 aliphatic carbocycles. The number of benzene rings is 4. The Morgan fingerprint density at radius 2 is 0.734 bits per heavy atom. The summed E-state index contributed by atoms with van der Waals surface area (Å²) in [5, 5.41) is 0. The standard InChI is InChI=1S/C84H124O10/c1-15-17-19-21-22-24-31-37-67-59(35-29-23-20-18-16-2)41-42-60(36-30-25-27-33-39-73(85)91-53-51-89-65-47-43-61(44-48-65)75-69-55-63(81(3,4)5)57-71(83(9,10)11)77(69)93-79(75)87)68(67)38-32-26-28-34-40-74(86)92-54-52-90-66-49-45-62(46-50-66)76-70-56-64(82(6,7)8)58-72(84(12,13)14)78(70)94-80(76)88/h43-50,55-60,67-68,75-76H,15-42,51-54H2,1-14H3. The molecule has 0 N–H and O–H groups in total. The van der Waals surface area contributed by atoms with E-state index in [9.17, 15) is 19.2 Å². The van der Waals surface area contributed by atoms with E-state index >= 15 is 0 Å². The molecule has 2 heterocycles. The fourth-order valence-corrected chi connectivity index (χ4v) is 15.0. The lowest BCUT2D eigenvalue weighted by Gasteiger charge is -2.44. The van der Waals surface area contributed by atoms with Crippen molar-refractivity contribution in [3.05, 3.63) is 117 Å². The Balaban J connectivity index is 0.829.